The molecule has 0 atom stereocenters. The van der Waals surface area contributed by atoms with Crippen molar-refractivity contribution < 1.29 is 30.6 Å². The number of halogens is 3. The van der Waals surface area contributed by atoms with Gasteiger partial charge in [0.05, 0.1) is 5.56 Å². The third-order valence-electron chi connectivity index (χ3n) is 3.93. The average Bonchev–Trinajstić information content (AvgIpc) is 2.70. The van der Waals surface area contributed by atoms with Crippen LogP contribution >= 0.6 is 0 Å². The predicted octanol–water partition coefficient (Wildman–Crippen LogP) is 4.15. The van der Waals surface area contributed by atoms with E-state index in [2.05, 4.69) is 14.5 Å². The maximum atomic E-state index is 12.7. The second kappa shape index (κ2) is 8.54. The van der Waals surface area contributed by atoms with Crippen molar-refractivity contribution >= 4 is 21.7 Å². The fraction of sp³-hybridized carbons (Fsp3) is 0.100. The van der Waals surface area contributed by atoms with E-state index in [1.807, 2.05) is 0 Å². The highest BCUT2D eigenvalue weighted by molar-refractivity contribution is 7.87. The zero-order valence-electron chi connectivity index (χ0n) is 15.3. The summed E-state index contributed by atoms with van der Waals surface area (Å²) in [6.07, 6.45) is 0.955. The summed E-state index contributed by atoms with van der Waals surface area (Å²) < 4.78 is 65.2. The van der Waals surface area contributed by atoms with Crippen LogP contribution in [-0.2, 0) is 16.5 Å². The van der Waals surface area contributed by atoms with E-state index in [1.165, 1.54) is 6.07 Å². The monoisotopic (exact) mass is 436 g/mol. The lowest BCUT2D eigenvalue weighted by Crippen LogP contribution is -2.29. The lowest BCUT2D eigenvalue weighted by atomic mass is 10.0. The van der Waals surface area contributed by atoms with E-state index < -0.39 is 27.4 Å². The lowest BCUT2D eigenvalue weighted by molar-refractivity contribution is -0.0501. The summed E-state index contributed by atoms with van der Waals surface area (Å²) in [4.78, 5) is 16.2. The van der Waals surface area contributed by atoms with E-state index >= 15 is 0 Å². The molecule has 30 heavy (non-hydrogen) atoms. The first-order valence-corrected chi connectivity index (χ1v) is 9.96. The van der Waals surface area contributed by atoms with Crippen molar-refractivity contribution in [2.24, 2.45) is 0 Å². The quantitative estimate of drug-likeness (QED) is 0.464. The number of carbonyl (C=O) groups is 1. The van der Waals surface area contributed by atoms with Crippen LogP contribution in [0.5, 0.6) is 5.88 Å². The van der Waals surface area contributed by atoms with E-state index in [1.54, 1.807) is 60.7 Å². The highest BCUT2D eigenvalue weighted by atomic mass is 32.2. The van der Waals surface area contributed by atoms with Gasteiger partial charge in [-0.15, -0.1) is 0 Å². The van der Waals surface area contributed by atoms with Crippen LogP contribution in [0.3, 0.4) is 0 Å². The van der Waals surface area contributed by atoms with Gasteiger partial charge in [0.1, 0.15) is 0 Å². The molecule has 1 heterocycles. The average molecular weight is 436 g/mol. The van der Waals surface area contributed by atoms with Gasteiger partial charge < -0.3 is 9.50 Å². The van der Waals surface area contributed by atoms with E-state index in [4.69, 9.17) is 0 Å². The number of para-hydroxylation sites is 1. The largest absolute Gasteiger partial charge is 0.534 e. The summed E-state index contributed by atoms with van der Waals surface area (Å²) in [6.45, 7) is 0. The van der Waals surface area contributed by atoms with Gasteiger partial charge in [-0.3, -0.25) is 4.79 Å². The molecular formula is C20H15F3N2O4S. The Labute approximate surface area is 170 Å². The number of anilines is 1. The summed E-state index contributed by atoms with van der Waals surface area (Å²) in [5.41, 5.74) is -4.40. The Morgan fingerprint density at radius 1 is 1.00 bits per heavy atom. The Morgan fingerprint density at radius 3 is 2.20 bits per heavy atom. The molecule has 1 N–H and O–H groups in total. The molecule has 3 aromatic rings. The Morgan fingerprint density at radius 2 is 1.60 bits per heavy atom. The first kappa shape index (κ1) is 21.3. The van der Waals surface area contributed by atoms with Crippen molar-refractivity contribution in [2.45, 2.75) is 11.9 Å². The maximum absolute atomic E-state index is 12.7. The number of pyridine rings is 1. The van der Waals surface area contributed by atoms with Crippen LogP contribution in [-0.4, -0.2) is 24.8 Å². The third kappa shape index (κ3) is 5.15. The molecule has 0 bridgehead atoms. The van der Waals surface area contributed by atoms with Gasteiger partial charge in [-0.25, -0.2) is 4.98 Å². The molecule has 2 aromatic carbocycles. The van der Waals surface area contributed by atoms with E-state index in [0.29, 0.717) is 11.3 Å². The number of amides is 1. The van der Waals surface area contributed by atoms with Crippen LogP contribution in [0.25, 0.3) is 0 Å². The van der Waals surface area contributed by atoms with Crippen LogP contribution in [0.4, 0.5) is 18.9 Å². The van der Waals surface area contributed by atoms with Gasteiger partial charge in [-0.1, -0.05) is 48.5 Å². The molecule has 0 aliphatic rings. The number of rotatable bonds is 6. The van der Waals surface area contributed by atoms with Gasteiger partial charge in [0, 0.05) is 23.9 Å². The first-order chi connectivity index (χ1) is 14.2. The molecule has 0 unspecified atom stereocenters. The van der Waals surface area contributed by atoms with Crippen molar-refractivity contribution in [2.75, 3.05) is 5.32 Å². The van der Waals surface area contributed by atoms with Crippen LogP contribution in [0, 0.1) is 0 Å². The van der Waals surface area contributed by atoms with Gasteiger partial charge in [0.2, 0.25) is 5.88 Å². The summed E-state index contributed by atoms with van der Waals surface area (Å²) in [5.74, 6) is -1.30. The number of hydrogen-bond donors (Lipinski definition) is 1. The van der Waals surface area contributed by atoms with Crippen molar-refractivity contribution in [3.05, 3.63) is 89.6 Å². The van der Waals surface area contributed by atoms with Crippen molar-refractivity contribution in [3.8, 4) is 5.88 Å². The fourth-order valence-corrected chi connectivity index (χ4v) is 2.97. The number of hydrogen-bond acceptors (Lipinski definition) is 5. The molecule has 0 saturated carbocycles. The minimum absolute atomic E-state index is 0.00298. The number of benzene rings is 2. The minimum Gasteiger partial charge on any atom is -0.355 e. The Bertz CT molecular complexity index is 1140. The molecule has 0 aliphatic heterocycles. The molecule has 156 valence electrons. The highest BCUT2D eigenvalue weighted by Crippen LogP contribution is 2.29. The van der Waals surface area contributed by atoms with Crippen LogP contribution in [0.15, 0.2) is 72.9 Å². The summed E-state index contributed by atoms with van der Waals surface area (Å²) in [6, 6.07) is 18.3. The molecule has 0 spiro atoms. The predicted molar refractivity (Wildman–Crippen MR) is 103 cm³/mol. The number of aromatic nitrogens is 1. The smallest absolute Gasteiger partial charge is 0.355 e. The highest BCUT2D eigenvalue weighted by Gasteiger charge is 2.49. The van der Waals surface area contributed by atoms with Crippen LogP contribution in [0.1, 0.15) is 21.5 Å². The molecule has 0 aliphatic carbocycles. The van der Waals surface area contributed by atoms with Gasteiger partial charge in [-0.05, 0) is 23.8 Å². The number of alkyl halides is 3. The van der Waals surface area contributed by atoms with E-state index in [0.717, 1.165) is 6.20 Å². The molecule has 1 aromatic heterocycles. The fourth-order valence-electron chi connectivity index (χ4n) is 2.52. The first-order valence-electron chi connectivity index (χ1n) is 8.56. The second-order valence-corrected chi connectivity index (χ2v) is 7.69. The number of nitrogens with one attached hydrogen (secondary N) is 1. The normalized spacial score (nSPS) is 11.7. The summed E-state index contributed by atoms with van der Waals surface area (Å²) >= 11 is 0. The zero-order valence-corrected chi connectivity index (χ0v) is 16.1. The molecular weight excluding hydrogens is 421 g/mol. The van der Waals surface area contributed by atoms with Crippen molar-refractivity contribution in [1.82, 2.24) is 4.98 Å². The Hall–Kier alpha value is -3.40. The van der Waals surface area contributed by atoms with Gasteiger partial charge in [0.25, 0.3) is 5.91 Å². The van der Waals surface area contributed by atoms with Gasteiger partial charge in [0.15, 0.2) is 0 Å². The molecule has 3 rings (SSSR count). The molecule has 10 heteroatoms. The SMILES string of the molecule is O=C(Nc1ccccc1)c1cnc(OS(=O)(=O)C(F)(F)F)c(Cc2ccccc2)c1. The molecule has 0 saturated heterocycles. The van der Waals surface area contributed by atoms with Crippen LogP contribution in [0.2, 0.25) is 0 Å². The molecule has 6 nitrogen and oxygen atoms in total. The molecule has 0 fully saturated rings. The maximum Gasteiger partial charge on any atom is 0.534 e. The Balaban J connectivity index is 1.95. The summed E-state index contributed by atoms with van der Waals surface area (Å²) in [7, 11) is -5.91. The van der Waals surface area contributed by atoms with Crippen LogP contribution < -0.4 is 9.50 Å². The van der Waals surface area contributed by atoms with Crippen molar-refractivity contribution in [3.63, 3.8) is 0 Å². The number of nitrogens with zero attached hydrogens (tertiary/aromatic N) is 1. The summed E-state index contributed by atoms with van der Waals surface area (Å²) in [5, 5.41) is 2.62. The molecule has 1 amide bonds. The molecule has 0 radical (unpaired) electrons. The van der Waals surface area contributed by atoms with Gasteiger partial charge >= 0.3 is 15.6 Å². The number of carbonyl (C=O) groups excluding carboxylic acids is 1. The third-order valence-corrected chi connectivity index (χ3v) is 4.87. The minimum atomic E-state index is -5.91. The standard InChI is InChI=1S/C20H15F3N2O4S/c21-20(22,23)30(27,28)29-19-15(11-14-7-3-1-4-8-14)12-16(13-24-19)18(26)25-17-9-5-2-6-10-17/h1-10,12-13H,11H2,(H,25,26). The van der Waals surface area contributed by atoms with Gasteiger partial charge in [-0.2, -0.15) is 21.6 Å². The van der Waals surface area contributed by atoms with Crippen molar-refractivity contribution in [1.29, 1.82) is 0 Å². The second-order valence-electron chi connectivity index (χ2n) is 6.15. The van der Waals surface area contributed by atoms with E-state index in [-0.39, 0.29) is 17.5 Å². The topological polar surface area (TPSA) is 85.4 Å². The lowest BCUT2D eigenvalue weighted by Gasteiger charge is -2.13. The Kier molecular flexibility index (Phi) is 6.06. The van der Waals surface area contributed by atoms with E-state index in [9.17, 15) is 26.4 Å². The zero-order chi connectivity index (χ0) is 21.8.